The Bertz CT molecular complexity index is 723. The first-order valence-electron chi connectivity index (χ1n) is 6.33. The smallest absolute Gasteiger partial charge is 0.206 e. The monoisotopic (exact) mass is 325 g/mol. The van der Waals surface area contributed by atoms with Crippen molar-refractivity contribution in [3.05, 3.63) is 39.7 Å². The molecule has 0 unspecified atom stereocenters. The molecule has 1 aromatic heterocycles. The van der Waals surface area contributed by atoms with Crippen LogP contribution >= 0.6 is 35.6 Å². The van der Waals surface area contributed by atoms with Crippen LogP contribution in [0, 0.1) is 0 Å². The van der Waals surface area contributed by atoms with Gasteiger partial charge in [0.15, 0.2) is 0 Å². The van der Waals surface area contributed by atoms with Crippen molar-refractivity contribution >= 4 is 50.9 Å². The van der Waals surface area contributed by atoms with Crippen LogP contribution in [0.4, 0.5) is 0 Å². The van der Waals surface area contributed by atoms with Crippen molar-refractivity contribution in [1.82, 2.24) is 4.90 Å². The van der Waals surface area contributed by atoms with Crippen molar-refractivity contribution in [2.75, 3.05) is 13.1 Å². The minimum atomic E-state index is -0.0831. The van der Waals surface area contributed by atoms with Crippen LogP contribution in [-0.4, -0.2) is 22.3 Å². The molecule has 20 heavy (non-hydrogen) atoms. The molecule has 1 fully saturated rings. The Hall–Kier alpha value is -1.04. The fourth-order valence-electron chi connectivity index (χ4n) is 2.21. The van der Waals surface area contributed by atoms with Gasteiger partial charge in [-0.3, -0.25) is 4.79 Å². The summed E-state index contributed by atoms with van der Waals surface area (Å²) in [5, 5.41) is 1.01. The standard InChI is InChI=1S/C14H12ClNO2S2/c15-9-3-4-11-10(7-9)13(17)12(8-18-11)20-14(19)16-5-1-2-6-16/h3-4,7-8H,1-2,5-6H2. The molecule has 2 heterocycles. The number of likely N-dealkylation sites (tertiary alicyclic amines) is 1. The lowest BCUT2D eigenvalue weighted by atomic mass is 10.2. The van der Waals surface area contributed by atoms with Gasteiger partial charge in [0.1, 0.15) is 16.2 Å². The molecule has 0 atom stereocenters. The molecule has 0 spiro atoms. The van der Waals surface area contributed by atoms with Gasteiger partial charge in [-0.25, -0.2) is 0 Å². The first kappa shape index (κ1) is 13.9. The molecule has 1 aliphatic heterocycles. The second-order valence-corrected chi connectivity index (χ2v) is 6.74. The van der Waals surface area contributed by atoms with E-state index in [2.05, 4.69) is 4.90 Å². The van der Waals surface area contributed by atoms with Gasteiger partial charge in [0.05, 0.1) is 10.3 Å². The number of nitrogens with zero attached hydrogens (tertiary/aromatic N) is 1. The predicted octanol–water partition coefficient (Wildman–Crippen LogP) is 3.92. The van der Waals surface area contributed by atoms with Gasteiger partial charge < -0.3 is 9.32 Å². The van der Waals surface area contributed by atoms with E-state index in [1.165, 1.54) is 18.0 Å². The molecule has 0 amide bonds. The number of thiocarbonyl (C=S) groups is 1. The first-order valence-corrected chi connectivity index (χ1v) is 7.93. The van der Waals surface area contributed by atoms with E-state index in [1.807, 2.05) is 0 Å². The maximum Gasteiger partial charge on any atom is 0.206 e. The van der Waals surface area contributed by atoms with Gasteiger partial charge in [0, 0.05) is 18.1 Å². The largest absolute Gasteiger partial charge is 0.463 e. The van der Waals surface area contributed by atoms with Gasteiger partial charge in [-0.15, -0.1) is 0 Å². The topological polar surface area (TPSA) is 33.5 Å². The molecule has 104 valence electrons. The van der Waals surface area contributed by atoms with E-state index in [1.54, 1.807) is 18.2 Å². The van der Waals surface area contributed by atoms with Crippen LogP contribution in [0.2, 0.25) is 5.02 Å². The third-order valence-corrected chi connectivity index (χ3v) is 4.94. The summed E-state index contributed by atoms with van der Waals surface area (Å²) >= 11 is 12.6. The number of thioether (sulfide) groups is 1. The number of rotatable bonds is 1. The van der Waals surface area contributed by atoms with Crippen LogP contribution in [0.3, 0.4) is 0 Å². The zero-order valence-corrected chi connectivity index (χ0v) is 13.0. The highest BCUT2D eigenvalue weighted by molar-refractivity contribution is 8.22. The van der Waals surface area contributed by atoms with Crippen LogP contribution in [0.25, 0.3) is 11.0 Å². The molecule has 6 heteroatoms. The van der Waals surface area contributed by atoms with Gasteiger partial charge >= 0.3 is 0 Å². The average Bonchev–Trinajstić information content (AvgIpc) is 2.96. The highest BCUT2D eigenvalue weighted by Crippen LogP contribution is 2.25. The Morgan fingerprint density at radius 3 is 2.85 bits per heavy atom. The van der Waals surface area contributed by atoms with Crippen LogP contribution in [0.15, 0.2) is 38.6 Å². The van der Waals surface area contributed by atoms with Crippen LogP contribution in [-0.2, 0) is 0 Å². The number of hydrogen-bond donors (Lipinski definition) is 0. The van der Waals surface area contributed by atoms with E-state index in [0.717, 1.165) is 30.3 Å². The van der Waals surface area contributed by atoms with Crippen molar-refractivity contribution in [3.63, 3.8) is 0 Å². The van der Waals surface area contributed by atoms with Crippen LogP contribution in [0.5, 0.6) is 0 Å². The molecule has 0 N–H and O–H groups in total. The van der Waals surface area contributed by atoms with Crippen LogP contribution in [0.1, 0.15) is 12.8 Å². The average molecular weight is 326 g/mol. The summed E-state index contributed by atoms with van der Waals surface area (Å²) in [5.41, 5.74) is 0.455. The van der Waals surface area contributed by atoms with Gasteiger partial charge in [-0.2, -0.15) is 0 Å². The molecule has 0 aliphatic carbocycles. The molecule has 3 rings (SSSR count). The molecule has 3 nitrogen and oxygen atoms in total. The minimum Gasteiger partial charge on any atom is -0.463 e. The summed E-state index contributed by atoms with van der Waals surface area (Å²) in [5.74, 6) is 0. The van der Waals surface area contributed by atoms with Crippen molar-refractivity contribution in [3.8, 4) is 0 Å². The summed E-state index contributed by atoms with van der Waals surface area (Å²) in [6.07, 6.45) is 3.79. The van der Waals surface area contributed by atoms with E-state index in [4.69, 9.17) is 28.2 Å². The summed E-state index contributed by atoms with van der Waals surface area (Å²) in [6.45, 7) is 1.94. The van der Waals surface area contributed by atoms with Crippen LogP contribution < -0.4 is 5.43 Å². The van der Waals surface area contributed by atoms with Gasteiger partial charge in [0.25, 0.3) is 0 Å². The maximum absolute atomic E-state index is 12.4. The molecule has 0 bridgehead atoms. The number of hydrogen-bond acceptors (Lipinski definition) is 4. The fourth-order valence-corrected chi connectivity index (χ4v) is 3.64. The first-order chi connectivity index (χ1) is 9.65. The Morgan fingerprint density at radius 2 is 2.10 bits per heavy atom. The molecular formula is C14H12ClNO2S2. The zero-order valence-electron chi connectivity index (χ0n) is 10.6. The van der Waals surface area contributed by atoms with Crippen molar-refractivity contribution in [2.45, 2.75) is 17.7 Å². The normalized spacial score (nSPS) is 14.9. The second-order valence-electron chi connectivity index (χ2n) is 4.63. The van der Waals surface area contributed by atoms with E-state index >= 15 is 0 Å². The lowest BCUT2D eigenvalue weighted by Gasteiger charge is -2.17. The molecule has 1 aromatic carbocycles. The molecular weight excluding hydrogens is 314 g/mol. The number of halogens is 1. The highest BCUT2D eigenvalue weighted by atomic mass is 35.5. The molecule has 2 aromatic rings. The predicted molar refractivity (Wildman–Crippen MR) is 86.8 cm³/mol. The number of benzene rings is 1. The minimum absolute atomic E-state index is 0.0831. The lowest BCUT2D eigenvalue weighted by molar-refractivity contribution is 0.539. The van der Waals surface area contributed by atoms with Gasteiger partial charge in [-0.05, 0) is 31.0 Å². The Balaban J connectivity index is 1.93. The summed E-state index contributed by atoms with van der Waals surface area (Å²) < 4.78 is 6.22. The quantitative estimate of drug-likeness (QED) is 0.586. The molecule has 1 aliphatic rings. The summed E-state index contributed by atoms with van der Waals surface area (Å²) in [7, 11) is 0. The van der Waals surface area contributed by atoms with Crippen molar-refractivity contribution in [1.29, 1.82) is 0 Å². The SMILES string of the molecule is O=c1c(SC(=S)N2CCCC2)coc2ccc(Cl)cc12. The Labute approximate surface area is 130 Å². The third kappa shape index (κ3) is 2.71. The van der Waals surface area contributed by atoms with Crippen molar-refractivity contribution in [2.24, 2.45) is 0 Å². The Kier molecular flexibility index (Phi) is 4.01. The van der Waals surface area contributed by atoms with Gasteiger partial charge in [-0.1, -0.05) is 35.6 Å². The van der Waals surface area contributed by atoms with Crippen molar-refractivity contribution < 1.29 is 4.42 Å². The van der Waals surface area contributed by atoms with E-state index in [0.29, 0.717) is 20.9 Å². The molecule has 1 saturated heterocycles. The lowest BCUT2D eigenvalue weighted by Crippen LogP contribution is -2.23. The maximum atomic E-state index is 12.4. The summed E-state index contributed by atoms with van der Waals surface area (Å²) in [4.78, 5) is 15.1. The summed E-state index contributed by atoms with van der Waals surface area (Å²) in [6, 6.07) is 5.03. The molecule has 0 saturated carbocycles. The zero-order chi connectivity index (χ0) is 14.1. The fraction of sp³-hybridized carbons (Fsp3) is 0.286. The highest BCUT2D eigenvalue weighted by Gasteiger charge is 2.18. The molecule has 0 radical (unpaired) electrons. The van der Waals surface area contributed by atoms with E-state index in [9.17, 15) is 4.79 Å². The second kappa shape index (κ2) is 5.76. The van der Waals surface area contributed by atoms with E-state index < -0.39 is 0 Å². The third-order valence-electron chi connectivity index (χ3n) is 3.26. The van der Waals surface area contributed by atoms with E-state index in [-0.39, 0.29) is 5.43 Å². The number of fused-ring (bicyclic) bond motifs is 1. The van der Waals surface area contributed by atoms with Gasteiger partial charge in [0.2, 0.25) is 5.43 Å². The Morgan fingerprint density at radius 1 is 1.35 bits per heavy atom.